The lowest BCUT2D eigenvalue weighted by Gasteiger charge is -2.19. The molecule has 1 aliphatic carbocycles. The van der Waals surface area contributed by atoms with E-state index in [1.165, 1.54) is 23.5 Å². The zero-order valence-corrected chi connectivity index (χ0v) is 16.2. The molecule has 1 saturated carbocycles. The molecular weight excluding hydrogens is 381 g/mol. The van der Waals surface area contributed by atoms with Crippen molar-refractivity contribution in [3.05, 3.63) is 35.0 Å². The van der Waals surface area contributed by atoms with Crippen LogP contribution in [0.25, 0.3) is 11.3 Å². The Kier molecular flexibility index (Phi) is 4.97. The van der Waals surface area contributed by atoms with Gasteiger partial charge in [0.1, 0.15) is 12.4 Å². The number of nitrogens with zero attached hydrogens (tertiary/aromatic N) is 2. The predicted octanol–water partition coefficient (Wildman–Crippen LogP) is 3.37. The smallest absolute Gasteiger partial charge is 0.246 e. The van der Waals surface area contributed by atoms with Gasteiger partial charge in [0.15, 0.2) is 5.13 Å². The van der Waals surface area contributed by atoms with E-state index >= 15 is 0 Å². The highest BCUT2D eigenvalue weighted by Gasteiger charge is 2.48. The Bertz CT molecular complexity index is 917. The lowest BCUT2D eigenvalue weighted by Crippen LogP contribution is -2.38. The van der Waals surface area contributed by atoms with E-state index in [1.54, 1.807) is 12.1 Å². The quantitative estimate of drug-likeness (QED) is 0.797. The standard InChI is InChI=1S/C20H20FN3O3S/c1-11-17(12-6-8-13(21)9-7-12)23-20(28-11)22-16(25)10-24-18(26)14-4-2-3-5-15(14)19(24)27/h6-9,14-15H,2-5,10H2,1H3,(H,22,23,25). The van der Waals surface area contributed by atoms with Crippen molar-refractivity contribution < 1.29 is 18.8 Å². The maximum absolute atomic E-state index is 13.1. The van der Waals surface area contributed by atoms with Gasteiger partial charge in [-0.3, -0.25) is 19.3 Å². The van der Waals surface area contributed by atoms with Gasteiger partial charge in [-0.1, -0.05) is 12.8 Å². The molecular formula is C20H20FN3O3S. The molecule has 1 aliphatic heterocycles. The van der Waals surface area contributed by atoms with Crippen LogP contribution in [-0.4, -0.2) is 34.2 Å². The van der Waals surface area contributed by atoms with Crippen LogP contribution in [-0.2, 0) is 14.4 Å². The number of hydrogen-bond donors (Lipinski definition) is 1. The van der Waals surface area contributed by atoms with E-state index < -0.39 is 5.91 Å². The van der Waals surface area contributed by atoms with E-state index in [1.807, 2.05) is 6.92 Å². The topological polar surface area (TPSA) is 79.4 Å². The minimum atomic E-state index is -0.445. The summed E-state index contributed by atoms with van der Waals surface area (Å²) < 4.78 is 13.1. The van der Waals surface area contributed by atoms with Gasteiger partial charge in [0.2, 0.25) is 17.7 Å². The monoisotopic (exact) mass is 401 g/mol. The zero-order chi connectivity index (χ0) is 19.8. The second-order valence-corrected chi connectivity index (χ2v) is 8.44. The number of likely N-dealkylation sites (tertiary alicyclic amines) is 1. The van der Waals surface area contributed by atoms with Crippen molar-refractivity contribution in [1.82, 2.24) is 9.88 Å². The van der Waals surface area contributed by atoms with Gasteiger partial charge < -0.3 is 5.32 Å². The Morgan fingerprint density at radius 2 is 1.79 bits per heavy atom. The second-order valence-electron chi connectivity index (χ2n) is 7.24. The molecule has 2 aliphatic rings. The van der Waals surface area contributed by atoms with Gasteiger partial charge in [-0.2, -0.15) is 0 Å². The number of amides is 3. The van der Waals surface area contributed by atoms with Crippen LogP contribution in [0.1, 0.15) is 30.6 Å². The molecule has 2 fully saturated rings. The Balaban J connectivity index is 1.44. The number of aromatic nitrogens is 1. The van der Waals surface area contributed by atoms with Crippen molar-refractivity contribution in [1.29, 1.82) is 0 Å². The summed E-state index contributed by atoms with van der Waals surface area (Å²) in [6.07, 6.45) is 3.34. The summed E-state index contributed by atoms with van der Waals surface area (Å²) in [6, 6.07) is 5.98. The first-order chi connectivity index (χ1) is 13.4. The first-order valence-corrected chi connectivity index (χ1v) is 10.1. The van der Waals surface area contributed by atoms with Gasteiger partial charge in [-0.15, -0.1) is 11.3 Å². The molecule has 6 nitrogen and oxygen atoms in total. The number of carbonyl (C=O) groups is 3. The van der Waals surface area contributed by atoms with Gasteiger partial charge in [0, 0.05) is 10.4 Å². The molecule has 0 spiro atoms. The minimum absolute atomic E-state index is 0.229. The van der Waals surface area contributed by atoms with Crippen LogP contribution in [0, 0.1) is 24.6 Å². The van der Waals surface area contributed by atoms with E-state index in [9.17, 15) is 18.8 Å². The fourth-order valence-electron chi connectivity index (χ4n) is 4.01. The van der Waals surface area contributed by atoms with Crippen LogP contribution < -0.4 is 5.32 Å². The van der Waals surface area contributed by atoms with E-state index in [0.29, 0.717) is 10.8 Å². The Morgan fingerprint density at radius 3 is 2.39 bits per heavy atom. The lowest BCUT2D eigenvalue weighted by molar-refractivity contribution is -0.142. The number of carbonyl (C=O) groups excluding carboxylic acids is 3. The molecule has 2 heterocycles. The second kappa shape index (κ2) is 7.43. The fraction of sp³-hybridized carbons (Fsp3) is 0.400. The largest absolute Gasteiger partial charge is 0.300 e. The molecule has 146 valence electrons. The van der Waals surface area contributed by atoms with Crippen molar-refractivity contribution in [2.24, 2.45) is 11.8 Å². The highest BCUT2D eigenvalue weighted by Crippen LogP contribution is 2.38. The van der Waals surface area contributed by atoms with Crippen molar-refractivity contribution in [2.75, 3.05) is 11.9 Å². The maximum atomic E-state index is 13.1. The molecule has 1 aromatic carbocycles. The van der Waals surface area contributed by atoms with Crippen molar-refractivity contribution in [3.63, 3.8) is 0 Å². The van der Waals surface area contributed by atoms with E-state index in [2.05, 4.69) is 10.3 Å². The number of fused-ring (bicyclic) bond motifs is 1. The third-order valence-corrected chi connectivity index (χ3v) is 6.28. The van der Waals surface area contributed by atoms with Crippen LogP contribution in [0.5, 0.6) is 0 Å². The van der Waals surface area contributed by atoms with E-state index in [0.717, 1.165) is 41.0 Å². The molecule has 0 bridgehead atoms. The number of nitrogens with one attached hydrogen (secondary N) is 1. The normalized spacial score (nSPS) is 21.7. The highest BCUT2D eigenvalue weighted by molar-refractivity contribution is 7.16. The van der Waals surface area contributed by atoms with E-state index in [-0.39, 0.29) is 36.0 Å². The van der Waals surface area contributed by atoms with Crippen LogP contribution in [0.3, 0.4) is 0 Å². The first kappa shape index (κ1) is 18.7. The van der Waals surface area contributed by atoms with Crippen molar-refractivity contribution in [2.45, 2.75) is 32.6 Å². The molecule has 3 amide bonds. The number of halogens is 1. The number of thiazole rings is 1. The summed E-state index contributed by atoms with van der Waals surface area (Å²) in [5, 5.41) is 3.07. The minimum Gasteiger partial charge on any atom is -0.300 e. The van der Waals surface area contributed by atoms with Gasteiger partial charge in [0.05, 0.1) is 17.5 Å². The van der Waals surface area contributed by atoms with Crippen LogP contribution in [0.2, 0.25) is 0 Å². The lowest BCUT2D eigenvalue weighted by atomic mass is 9.81. The van der Waals surface area contributed by atoms with Crippen LogP contribution >= 0.6 is 11.3 Å². The average Bonchev–Trinajstić information content (AvgIpc) is 3.15. The summed E-state index contributed by atoms with van der Waals surface area (Å²) in [6.45, 7) is 1.58. The number of imide groups is 1. The third kappa shape index (κ3) is 3.44. The van der Waals surface area contributed by atoms with Crippen LogP contribution in [0.15, 0.2) is 24.3 Å². The third-order valence-electron chi connectivity index (χ3n) is 5.39. The average molecular weight is 401 g/mol. The molecule has 28 heavy (non-hydrogen) atoms. The van der Waals surface area contributed by atoms with Crippen molar-refractivity contribution >= 4 is 34.2 Å². The van der Waals surface area contributed by atoms with Gasteiger partial charge in [0.25, 0.3) is 0 Å². The summed E-state index contributed by atoms with van der Waals surface area (Å²) in [7, 11) is 0. The summed E-state index contributed by atoms with van der Waals surface area (Å²) >= 11 is 1.30. The summed E-state index contributed by atoms with van der Waals surface area (Å²) in [5.74, 6) is -1.76. The van der Waals surface area contributed by atoms with Crippen LogP contribution in [0.4, 0.5) is 9.52 Å². The number of hydrogen-bond acceptors (Lipinski definition) is 5. The SMILES string of the molecule is Cc1sc(NC(=O)CN2C(=O)C3CCCCC3C2=O)nc1-c1ccc(F)cc1. The molecule has 2 aromatic rings. The summed E-state index contributed by atoms with van der Waals surface area (Å²) in [4.78, 5) is 43.8. The first-order valence-electron chi connectivity index (χ1n) is 9.32. The molecule has 1 N–H and O–H groups in total. The molecule has 2 atom stereocenters. The molecule has 8 heteroatoms. The molecule has 4 rings (SSSR count). The number of rotatable bonds is 4. The highest BCUT2D eigenvalue weighted by atomic mass is 32.1. The van der Waals surface area contributed by atoms with Gasteiger partial charge in [-0.05, 0) is 44.0 Å². The Hall–Kier alpha value is -2.61. The molecule has 2 unspecified atom stereocenters. The fourth-order valence-corrected chi connectivity index (χ4v) is 4.87. The Morgan fingerprint density at radius 1 is 1.18 bits per heavy atom. The van der Waals surface area contributed by atoms with E-state index in [4.69, 9.17) is 0 Å². The predicted molar refractivity (Wildman–Crippen MR) is 103 cm³/mol. The maximum Gasteiger partial charge on any atom is 0.246 e. The molecule has 0 radical (unpaired) electrons. The summed E-state index contributed by atoms with van der Waals surface area (Å²) in [5.41, 5.74) is 1.42. The molecule has 1 saturated heterocycles. The van der Waals surface area contributed by atoms with Gasteiger partial charge in [-0.25, -0.2) is 9.37 Å². The van der Waals surface area contributed by atoms with Crippen molar-refractivity contribution in [3.8, 4) is 11.3 Å². The zero-order valence-electron chi connectivity index (χ0n) is 15.4. The number of anilines is 1. The number of benzene rings is 1. The van der Waals surface area contributed by atoms with Gasteiger partial charge >= 0.3 is 0 Å². The molecule has 1 aromatic heterocycles. The number of aryl methyl sites for hydroxylation is 1. The Labute approximate surface area is 165 Å².